The highest BCUT2D eigenvalue weighted by Crippen LogP contribution is 2.25. The van der Waals surface area contributed by atoms with Gasteiger partial charge >= 0.3 is 5.69 Å². The van der Waals surface area contributed by atoms with Crippen molar-refractivity contribution in [2.24, 2.45) is 5.10 Å². The van der Waals surface area contributed by atoms with E-state index < -0.39 is 17.4 Å². The van der Waals surface area contributed by atoms with Crippen molar-refractivity contribution in [3.8, 4) is 23.1 Å². The summed E-state index contributed by atoms with van der Waals surface area (Å²) in [6.07, 6.45) is 1.32. The van der Waals surface area contributed by atoms with Crippen LogP contribution in [0.1, 0.15) is 11.3 Å². The summed E-state index contributed by atoms with van der Waals surface area (Å²) < 4.78 is 10.8. The Morgan fingerprint density at radius 2 is 1.97 bits per heavy atom. The molecule has 144 valence electrons. The van der Waals surface area contributed by atoms with Gasteiger partial charge in [0.1, 0.15) is 11.5 Å². The van der Waals surface area contributed by atoms with E-state index in [1.807, 2.05) is 6.07 Å². The number of amides is 1. The summed E-state index contributed by atoms with van der Waals surface area (Å²) in [7, 11) is 0. The van der Waals surface area contributed by atoms with Crippen molar-refractivity contribution in [2.45, 2.75) is 0 Å². The molecule has 0 unspecified atom stereocenters. The summed E-state index contributed by atoms with van der Waals surface area (Å²) >= 11 is 0. The van der Waals surface area contributed by atoms with E-state index in [1.54, 1.807) is 42.5 Å². The summed E-state index contributed by atoms with van der Waals surface area (Å²) in [6.45, 7) is -0.434. The molecule has 0 saturated carbocycles. The fourth-order valence-electron chi connectivity index (χ4n) is 2.36. The number of furan rings is 1. The maximum Gasteiger partial charge on any atom is 0.310 e. The highest BCUT2D eigenvalue weighted by Gasteiger charge is 2.14. The van der Waals surface area contributed by atoms with Crippen LogP contribution in [0.25, 0.3) is 11.3 Å². The molecular weight excluding hydrogens is 376 g/mol. The first-order valence-electron chi connectivity index (χ1n) is 8.35. The molecular formula is C20H14N4O5. The van der Waals surface area contributed by atoms with Crippen LogP contribution in [-0.2, 0) is 4.79 Å². The first kappa shape index (κ1) is 19.3. The molecule has 29 heavy (non-hydrogen) atoms. The number of nitro benzene ring substituents is 1. The van der Waals surface area contributed by atoms with E-state index in [1.165, 1.54) is 24.4 Å². The minimum absolute atomic E-state index is 0.00489. The van der Waals surface area contributed by atoms with E-state index >= 15 is 0 Å². The maximum absolute atomic E-state index is 11.8. The van der Waals surface area contributed by atoms with Gasteiger partial charge in [-0.1, -0.05) is 12.1 Å². The van der Waals surface area contributed by atoms with Crippen molar-refractivity contribution >= 4 is 17.8 Å². The third-order valence-corrected chi connectivity index (χ3v) is 3.73. The van der Waals surface area contributed by atoms with Crippen molar-refractivity contribution in [2.75, 3.05) is 6.61 Å². The number of carbonyl (C=O) groups excluding carboxylic acids is 1. The molecule has 1 amide bonds. The van der Waals surface area contributed by atoms with E-state index in [0.717, 1.165) is 5.56 Å². The Morgan fingerprint density at radius 3 is 2.69 bits per heavy atom. The van der Waals surface area contributed by atoms with Crippen LogP contribution in [0.15, 0.2) is 70.2 Å². The van der Waals surface area contributed by atoms with Crippen molar-refractivity contribution in [1.29, 1.82) is 5.26 Å². The Labute approximate surface area is 165 Å². The Morgan fingerprint density at radius 1 is 1.21 bits per heavy atom. The fraction of sp³-hybridized carbons (Fsp3) is 0.0500. The van der Waals surface area contributed by atoms with Gasteiger partial charge in [0.05, 0.1) is 22.8 Å². The number of nitrogens with zero attached hydrogens (tertiary/aromatic N) is 3. The van der Waals surface area contributed by atoms with Crippen molar-refractivity contribution in [3.63, 3.8) is 0 Å². The predicted octanol–water partition coefficient (Wildman–Crippen LogP) is 3.26. The van der Waals surface area contributed by atoms with Crippen molar-refractivity contribution in [3.05, 3.63) is 82.1 Å². The van der Waals surface area contributed by atoms with Gasteiger partial charge in [0, 0.05) is 11.6 Å². The molecule has 0 aliphatic carbocycles. The molecule has 2 aromatic carbocycles. The van der Waals surface area contributed by atoms with Crippen LogP contribution in [-0.4, -0.2) is 23.7 Å². The Balaban J connectivity index is 1.54. The largest absolute Gasteiger partial charge is 0.477 e. The SMILES string of the molecule is N#Cc1ccc(-c2ccc(/C=N/NC(=O)COc3ccccc3[N+](=O)[O-])o2)cc1. The van der Waals surface area contributed by atoms with Gasteiger partial charge in [0.25, 0.3) is 5.91 Å². The lowest BCUT2D eigenvalue weighted by molar-refractivity contribution is -0.385. The van der Waals surface area contributed by atoms with Gasteiger partial charge < -0.3 is 9.15 Å². The normalized spacial score (nSPS) is 10.4. The van der Waals surface area contributed by atoms with Gasteiger partial charge in [-0.15, -0.1) is 0 Å². The Kier molecular flexibility index (Phi) is 5.97. The predicted molar refractivity (Wildman–Crippen MR) is 103 cm³/mol. The van der Waals surface area contributed by atoms with E-state index in [0.29, 0.717) is 17.1 Å². The molecule has 3 aromatic rings. The van der Waals surface area contributed by atoms with E-state index in [9.17, 15) is 14.9 Å². The fourth-order valence-corrected chi connectivity index (χ4v) is 2.36. The lowest BCUT2D eigenvalue weighted by atomic mass is 10.1. The molecule has 9 nitrogen and oxygen atoms in total. The van der Waals surface area contributed by atoms with Crippen LogP contribution in [0.4, 0.5) is 5.69 Å². The number of para-hydroxylation sites is 2. The van der Waals surface area contributed by atoms with Gasteiger partial charge in [0.15, 0.2) is 12.4 Å². The smallest absolute Gasteiger partial charge is 0.310 e. The lowest BCUT2D eigenvalue weighted by Gasteiger charge is -2.05. The minimum Gasteiger partial charge on any atom is -0.477 e. The second kappa shape index (κ2) is 8.96. The molecule has 1 N–H and O–H groups in total. The first-order chi connectivity index (χ1) is 14.1. The molecule has 1 aromatic heterocycles. The number of hydrazone groups is 1. The van der Waals surface area contributed by atoms with Crippen molar-refractivity contribution < 1.29 is 18.9 Å². The number of benzene rings is 2. The summed E-state index contributed by atoms with van der Waals surface area (Å²) in [4.78, 5) is 22.1. The lowest BCUT2D eigenvalue weighted by Crippen LogP contribution is -2.24. The maximum atomic E-state index is 11.8. The molecule has 0 aliphatic rings. The summed E-state index contributed by atoms with van der Waals surface area (Å²) in [5, 5.41) is 23.5. The molecule has 3 rings (SSSR count). The summed E-state index contributed by atoms with van der Waals surface area (Å²) in [5.74, 6) is 0.402. The Hall–Kier alpha value is -4.45. The zero-order valence-corrected chi connectivity index (χ0v) is 14.9. The third-order valence-electron chi connectivity index (χ3n) is 3.73. The minimum atomic E-state index is -0.590. The second-order valence-corrected chi connectivity index (χ2v) is 5.70. The third kappa shape index (κ3) is 5.05. The Bertz CT molecular complexity index is 1100. The molecule has 0 bridgehead atoms. The van der Waals surface area contributed by atoms with Gasteiger partial charge in [-0.25, -0.2) is 5.43 Å². The van der Waals surface area contributed by atoms with E-state index in [4.69, 9.17) is 14.4 Å². The van der Waals surface area contributed by atoms with Gasteiger partial charge in [-0.05, 0) is 42.5 Å². The van der Waals surface area contributed by atoms with E-state index in [2.05, 4.69) is 10.5 Å². The zero-order valence-electron chi connectivity index (χ0n) is 14.9. The number of nitriles is 1. The number of carbonyl (C=O) groups is 1. The quantitative estimate of drug-likeness (QED) is 0.374. The van der Waals surface area contributed by atoms with Crippen LogP contribution in [0.3, 0.4) is 0 Å². The van der Waals surface area contributed by atoms with Gasteiger partial charge in [0.2, 0.25) is 0 Å². The van der Waals surface area contributed by atoms with Crippen LogP contribution in [0, 0.1) is 21.4 Å². The van der Waals surface area contributed by atoms with Crippen LogP contribution >= 0.6 is 0 Å². The molecule has 0 radical (unpaired) electrons. The average Bonchev–Trinajstić information content (AvgIpc) is 3.21. The zero-order chi connectivity index (χ0) is 20.6. The topological polar surface area (TPSA) is 131 Å². The summed E-state index contributed by atoms with van der Waals surface area (Å²) in [6, 6.07) is 18.1. The standard InChI is InChI=1S/C20H14N4O5/c21-11-14-5-7-15(8-6-14)18-10-9-16(29-18)12-22-23-20(25)13-28-19-4-2-1-3-17(19)24(26)27/h1-10,12H,13H2,(H,23,25)/b22-12+. The molecule has 1 heterocycles. The molecule has 0 saturated heterocycles. The summed E-state index contributed by atoms with van der Waals surface area (Å²) in [5.41, 5.74) is 3.37. The van der Waals surface area contributed by atoms with Gasteiger partial charge in [-0.2, -0.15) is 10.4 Å². The molecule has 9 heteroatoms. The van der Waals surface area contributed by atoms with E-state index in [-0.39, 0.29) is 11.4 Å². The van der Waals surface area contributed by atoms with Gasteiger partial charge in [-0.3, -0.25) is 14.9 Å². The van der Waals surface area contributed by atoms with Crippen LogP contribution in [0.5, 0.6) is 5.75 Å². The highest BCUT2D eigenvalue weighted by molar-refractivity contribution is 5.81. The first-order valence-corrected chi connectivity index (χ1v) is 8.35. The number of nitrogens with one attached hydrogen (secondary N) is 1. The number of nitro groups is 1. The van der Waals surface area contributed by atoms with Crippen LogP contribution in [0.2, 0.25) is 0 Å². The monoisotopic (exact) mass is 390 g/mol. The highest BCUT2D eigenvalue weighted by atomic mass is 16.6. The average molecular weight is 390 g/mol. The number of ether oxygens (including phenoxy) is 1. The number of rotatable bonds is 7. The molecule has 0 aliphatic heterocycles. The van der Waals surface area contributed by atoms with Crippen molar-refractivity contribution in [1.82, 2.24) is 5.43 Å². The molecule has 0 spiro atoms. The van der Waals surface area contributed by atoms with Crippen LogP contribution < -0.4 is 10.2 Å². The molecule has 0 fully saturated rings. The number of hydrogen-bond donors (Lipinski definition) is 1. The second-order valence-electron chi connectivity index (χ2n) is 5.70. The molecule has 0 atom stereocenters. The number of hydrogen-bond acceptors (Lipinski definition) is 7.